The van der Waals surface area contributed by atoms with Gasteiger partial charge in [0, 0.05) is 36.3 Å². The second kappa shape index (κ2) is 11.3. The number of rotatable bonds is 7. The number of thiazole rings is 1. The number of hydrogen-bond donors (Lipinski definition) is 2. The molecule has 0 unspecified atom stereocenters. The van der Waals surface area contributed by atoms with Gasteiger partial charge in [-0.25, -0.2) is 4.98 Å². The van der Waals surface area contributed by atoms with Crippen LogP contribution in [0.1, 0.15) is 22.5 Å². The van der Waals surface area contributed by atoms with Gasteiger partial charge in [0.25, 0.3) is 0 Å². The molecular formula is C15H19ClF3IN4S2. The van der Waals surface area contributed by atoms with Crippen LogP contribution in [0.5, 0.6) is 0 Å². The summed E-state index contributed by atoms with van der Waals surface area (Å²) in [4.78, 5) is 9.15. The Hall–Kier alpha value is -0.590. The lowest BCUT2D eigenvalue weighted by Crippen LogP contribution is -2.38. The molecule has 0 saturated heterocycles. The van der Waals surface area contributed by atoms with E-state index in [-0.39, 0.29) is 24.0 Å². The van der Waals surface area contributed by atoms with Crippen LogP contribution in [-0.4, -0.2) is 30.6 Å². The lowest BCUT2D eigenvalue weighted by atomic mass is 10.3. The quantitative estimate of drug-likeness (QED) is 0.302. The molecule has 0 aromatic carbocycles. The summed E-state index contributed by atoms with van der Waals surface area (Å²) in [6, 6.07) is 3.85. The van der Waals surface area contributed by atoms with Crippen molar-refractivity contribution in [2.45, 2.75) is 25.9 Å². The zero-order valence-corrected chi connectivity index (χ0v) is 18.6. The maximum atomic E-state index is 12.5. The van der Waals surface area contributed by atoms with Gasteiger partial charge < -0.3 is 10.6 Å². The summed E-state index contributed by atoms with van der Waals surface area (Å²) in [5, 5.41) is 7.78. The Morgan fingerprint density at radius 1 is 1.27 bits per heavy atom. The molecule has 0 radical (unpaired) electrons. The summed E-state index contributed by atoms with van der Waals surface area (Å²) < 4.78 is 38.3. The number of guanidine groups is 1. The molecule has 0 fully saturated rings. The first-order valence-corrected chi connectivity index (χ1v) is 9.74. The average Bonchev–Trinajstić information content (AvgIpc) is 3.16. The van der Waals surface area contributed by atoms with E-state index in [9.17, 15) is 13.2 Å². The van der Waals surface area contributed by atoms with Crippen LogP contribution in [0.15, 0.2) is 22.5 Å². The van der Waals surface area contributed by atoms with Gasteiger partial charge in [-0.2, -0.15) is 13.2 Å². The molecule has 4 nitrogen and oxygen atoms in total. The molecule has 0 amide bonds. The molecular weight excluding hydrogens is 520 g/mol. The summed E-state index contributed by atoms with van der Waals surface area (Å²) in [6.07, 6.45) is -3.19. The summed E-state index contributed by atoms with van der Waals surface area (Å²) in [5.41, 5.74) is -0.837. The first-order valence-electron chi connectivity index (χ1n) is 7.66. The van der Waals surface area contributed by atoms with E-state index in [0.29, 0.717) is 37.0 Å². The van der Waals surface area contributed by atoms with Crippen molar-refractivity contribution in [2.75, 3.05) is 19.6 Å². The van der Waals surface area contributed by atoms with E-state index in [4.69, 9.17) is 11.6 Å². The normalized spacial score (nSPS) is 12.0. The van der Waals surface area contributed by atoms with Gasteiger partial charge in [-0.3, -0.25) is 4.99 Å². The molecule has 0 spiro atoms. The third kappa shape index (κ3) is 7.97. The summed E-state index contributed by atoms with van der Waals surface area (Å²) in [6.45, 7) is 3.71. The summed E-state index contributed by atoms with van der Waals surface area (Å²) in [7, 11) is 0. The van der Waals surface area contributed by atoms with Crippen LogP contribution in [0.2, 0.25) is 4.34 Å². The van der Waals surface area contributed by atoms with Gasteiger partial charge in [-0.15, -0.1) is 46.7 Å². The van der Waals surface area contributed by atoms with Crippen LogP contribution in [0.4, 0.5) is 13.2 Å². The Labute approximate surface area is 180 Å². The first-order chi connectivity index (χ1) is 11.9. The van der Waals surface area contributed by atoms with Crippen molar-refractivity contribution in [1.82, 2.24) is 15.6 Å². The van der Waals surface area contributed by atoms with Crippen molar-refractivity contribution in [3.8, 4) is 0 Å². The highest BCUT2D eigenvalue weighted by atomic mass is 127. The number of halogens is 5. The van der Waals surface area contributed by atoms with Crippen molar-refractivity contribution >= 4 is 64.2 Å². The predicted molar refractivity (Wildman–Crippen MR) is 113 cm³/mol. The van der Waals surface area contributed by atoms with Crippen molar-refractivity contribution in [3.63, 3.8) is 0 Å². The largest absolute Gasteiger partial charge is 0.434 e. The number of nitrogens with one attached hydrogen (secondary N) is 2. The van der Waals surface area contributed by atoms with Gasteiger partial charge in [-0.1, -0.05) is 11.6 Å². The standard InChI is InChI=1S/C15H18ClF3N4S2.HI/c1-2-20-14(21-7-5-10-3-4-12(16)25-10)22-8-6-13-23-11(9-24-13)15(17,18)19;/h3-4,9H,2,5-8H2,1H3,(H2,20,21,22);1H. The summed E-state index contributed by atoms with van der Waals surface area (Å²) >= 11 is 8.44. The Bertz CT molecular complexity index is 703. The Morgan fingerprint density at radius 3 is 2.62 bits per heavy atom. The molecule has 146 valence electrons. The highest BCUT2D eigenvalue weighted by molar-refractivity contribution is 14.0. The number of thiophene rings is 1. The van der Waals surface area contributed by atoms with Crippen molar-refractivity contribution in [1.29, 1.82) is 0 Å². The van der Waals surface area contributed by atoms with Crippen molar-refractivity contribution in [3.05, 3.63) is 37.4 Å². The van der Waals surface area contributed by atoms with E-state index < -0.39 is 11.9 Å². The fourth-order valence-electron chi connectivity index (χ4n) is 1.95. The fourth-order valence-corrected chi connectivity index (χ4v) is 3.83. The molecule has 11 heteroatoms. The van der Waals surface area contributed by atoms with Crippen LogP contribution in [0, 0.1) is 0 Å². The molecule has 0 aliphatic rings. The van der Waals surface area contributed by atoms with Crippen LogP contribution < -0.4 is 10.6 Å². The van der Waals surface area contributed by atoms with Gasteiger partial charge in [0.2, 0.25) is 0 Å². The molecule has 0 atom stereocenters. The highest BCUT2D eigenvalue weighted by Crippen LogP contribution is 2.30. The highest BCUT2D eigenvalue weighted by Gasteiger charge is 2.33. The third-order valence-electron chi connectivity index (χ3n) is 3.07. The van der Waals surface area contributed by atoms with E-state index in [2.05, 4.69) is 20.6 Å². The number of aliphatic imine (C=N–C) groups is 1. The summed E-state index contributed by atoms with van der Waals surface area (Å²) in [5.74, 6) is 0.637. The Balaban J connectivity index is 0.00000338. The van der Waals surface area contributed by atoms with Gasteiger partial charge in [0.15, 0.2) is 11.7 Å². The van der Waals surface area contributed by atoms with Gasteiger partial charge in [-0.05, 0) is 25.5 Å². The lowest BCUT2D eigenvalue weighted by Gasteiger charge is -2.10. The lowest BCUT2D eigenvalue weighted by molar-refractivity contribution is -0.140. The minimum Gasteiger partial charge on any atom is -0.357 e. The molecule has 2 N–H and O–H groups in total. The zero-order chi connectivity index (χ0) is 18.3. The molecule has 2 rings (SSSR count). The van der Waals surface area contributed by atoms with Crippen LogP contribution >= 0.6 is 58.3 Å². The monoisotopic (exact) mass is 538 g/mol. The molecule has 26 heavy (non-hydrogen) atoms. The minimum absolute atomic E-state index is 0. The van der Waals surface area contributed by atoms with Gasteiger partial charge in [0.1, 0.15) is 0 Å². The second-order valence-electron chi connectivity index (χ2n) is 5.02. The van der Waals surface area contributed by atoms with E-state index in [1.807, 2.05) is 19.1 Å². The van der Waals surface area contributed by atoms with Gasteiger partial charge >= 0.3 is 6.18 Å². The third-order valence-corrected chi connectivity index (χ3v) is 5.27. The maximum absolute atomic E-state index is 12.5. The Morgan fingerprint density at radius 2 is 2.04 bits per heavy atom. The van der Waals surface area contributed by atoms with Crippen LogP contribution in [0.3, 0.4) is 0 Å². The predicted octanol–water partition coefficient (Wildman–Crippen LogP) is 4.84. The zero-order valence-electron chi connectivity index (χ0n) is 13.9. The average molecular weight is 539 g/mol. The maximum Gasteiger partial charge on any atom is 0.434 e. The molecule has 2 aromatic rings. The molecule has 0 bridgehead atoms. The Kier molecular flexibility index (Phi) is 10.2. The minimum atomic E-state index is -4.39. The van der Waals surface area contributed by atoms with Crippen LogP contribution in [0.25, 0.3) is 0 Å². The van der Waals surface area contributed by atoms with E-state index >= 15 is 0 Å². The van der Waals surface area contributed by atoms with Crippen molar-refractivity contribution in [2.24, 2.45) is 4.99 Å². The first kappa shape index (κ1) is 23.4. The molecule has 0 saturated carbocycles. The van der Waals surface area contributed by atoms with E-state index in [0.717, 1.165) is 27.5 Å². The second-order valence-corrected chi connectivity index (χ2v) is 7.76. The van der Waals surface area contributed by atoms with E-state index in [1.165, 1.54) is 16.2 Å². The van der Waals surface area contributed by atoms with E-state index in [1.54, 1.807) is 0 Å². The fraction of sp³-hybridized carbons (Fsp3) is 0.467. The number of nitrogens with zero attached hydrogens (tertiary/aromatic N) is 2. The molecule has 0 aliphatic heterocycles. The molecule has 2 heterocycles. The smallest absolute Gasteiger partial charge is 0.357 e. The number of hydrogen-bond acceptors (Lipinski definition) is 4. The van der Waals surface area contributed by atoms with Crippen molar-refractivity contribution < 1.29 is 13.2 Å². The number of alkyl halides is 3. The molecule has 2 aromatic heterocycles. The van der Waals surface area contributed by atoms with Crippen LogP contribution in [-0.2, 0) is 19.0 Å². The van der Waals surface area contributed by atoms with Gasteiger partial charge in [0.05, 0.1) is 9.34 Å². The number of aromatic nitrogens is 1. The SMILES string of the molecule is CCNC(=NCCc1nc(C(F)(F)F)cs1)NCCc1ccc(Cl)s1.I. The topological polar surface area (TPSA) is 49.3 Å². The molecule has 0 aliphatic carbocycles.